The molecule has 222 valence electrons. The fraction of sp³-hybridized carbons (Fsp3) is 0.263. The molecule has 2 atom stereocenters. The van der Waals surface area contributed by atoms with Crippen LogP contribution in [0.4, 0.5) is 5.69 Å². The first-order valence-corrected chi connectivity index (χ1v) is 15.8. The van der Waals surface area contributed by atoms with Crippen LogP contribution in [0.1, 0.15) is 67.0 Å². The quantitative estimate of drug-likeness (QED) is 0.173. The van der Waals surface area contributed by atoms with Crippen molar-refractivity contribution in [3.05, 3.63) is 155 Å². The molecule has 5 aromatic rings. The summed E-state index contributed by atoms with van der Waals surface area (Å²) in [5.41, 5.74) is 3.69. The second-order valence-electron chi connectivity index (χ2n) is 11.7. The van der Waals surface area contributed by atoms with Gasteiger partial charge in [0.15, 0.2) is 0 Å². The standard InChI is InChI=1S/C38H37ClN4O/c1-2-23-43(33-21-20-29(26-40)35(39)24-33)34-19-12-22-37(44,25-34)36-27-42(28-41-36)38(30-13-6-3-7-14-30,31-15-8-4-9-16-31)32-17-10-5-11-18-32/h3-11,13-18,20-21,24,27-28,34,44H,2,12,19,22-23,25H2,1H3. The number of anilines is 1. The molecule has 1 aromatic heterocycles. The van der Waals surface area contributed by atoms with Crippen LogP contribution in [0.3, 0.4) is 0 Å². The van der Waals surface area contributed by atoms with Gasteiger partial charge < -0.3 is 14.6 Å². The number of hydrogen-bond acceptors (Lipinski definition) is 4. The van der Waals surface area contributed by atoms with Crippen LogP contribution in [0.25, 0.3) is 0 Å². The molecule has 0 saturated heterocycles. The minimum atomic E-state index is -1.09. The highest BCUT2D eigenvalue weighted by Gasteiger charge is 2.43. The zero-order chi connectivity index (χ0) is 30.6. The zero-order valence-electron chi connectivity index (χ0n) is 25.0. The Kier molecular flexibility index (Phi) is 8.57. The number of nitrogens with zero attached hydrogens (tertiary/aromatic N) is 4. The maximum absolute atomic E-state index is 12.3. The molecule has 4 aromatic carbocycles. The van der Waals surface area contributed by atoms with E-state index in [1.165, 1.54) is 0 Å². The highest BCUT2D eigenvalue weighted by molar-refractivity contribution is 6.32. The predicted octanol–water partition coefficient (Wildman–Crippen LogP) is 8.30. The number of nitriles is 1. The Labute approximate surface area is 265 Å². The number of imidazole rings is 1. The van der Waals surface area contributed by atoms with E-state index in [1.807, 2.05) is 36.7 Å². The molecule has 6 heteroatoms. The van der Waals surface area contributed by atoms with Crippen molar-refractivity contribution in [3.8, 4) is 6.07 Å². The van der Waals surface area contributed by atoms with Gasteiger partial charge >= 0.3 is 0 Å². The minimum Gasteiger partial charge on any atom is -0.383 e. The van der Waals surface area contributed by atoms with Crippen LogP contribution in [-0.4, -0.2) is 27.2 Å². The van der Waals surface area contributed by atoms with E-state index in [4.69, 9.17) is 16.6 Å². The molecule has 0 spiro atoms. The molecule has 44 heavy (non-hydrogen) atoms. The van der Waals surface area contributed by atoms with Crippen molar-refractivity contribution in [3.63, 3.8) is 0 Å². The number of benzene rings is 4. The van der Waals surface area contributed by atoms with Crippen molar-refractivity contribution >= 4 is 17.3 Å². The lowest BCUT2D eigenvalue weighted by atomic mass is 9.76. The van der Waals surface area contributed by atoms with Crippen molar-refractivity contribution in [1.29, 1.82) is 5.26 Å². The van der Waals surface area contributed by atoms with Gasteiger partial charge in [-0.05, 0) is 60.6 Å². The first-order chi connectivity index (χ1) is 21.5. The SMILES string of the molecule is CCCN(c1ccc(C#N)c(Cl)c1)C1CCCC(O)(c2cn(C(c3ccccc3)(c3ccccc3)c3ccccc3)cn2)C1. The maximum Gasteiger partial charge on any atom is 0.121 e. The molecular formula is C38H37ClN4O. The average Bonchev–Trinajstić information content (AvgIpc) is 3.57. The Hall–Kier alpha value is -4.37. The van der Waals surface area contributed by atoms with Crippen LogP contribution in [0, 0.1) is 11.3 Å². The van der Waals surface area contributed by atoms with E-state index >= 15 is 0 Å². The fourth-order valence-corrected chi connectivity index (χ4v) is 7.21. The van der Waals surface area contributed by atoms with Gasteiger partial charge in [0.2, 0.25) is 0 Å². The zero-order valence-corrected chi connectivity index (χ0v) is 25.7. The molecule has 1 fully saturated rings. The summed E-state index contributed by atoms with van der Waals surface area (Å²) in [6.45, 7) is 2.99. The van der Waals surface area contributed by atoms with E-state index in [0.29, 0.717) is 29.1 Å². The van der Waals surface area contributed by atoms with Crippen LogP contribution in [-0.2, 0) is 11.1 Å². The Morgan fingerprint density at radius 2 is 1.55 bits per heavy atom. The van der Waals surface area contributed by atoms with Crippen LogP contribution in [0.5, 0.6) is 0 Å². The van der Waals surface area contributed by atoms with Crippen LogP contribution >= 0.6 is 11.6 Å². The lowest BCUT2D eigenvalue weighted by molar-refractivity contribution is -0.0120. The Balaban J connectivity index is 1.42. The number of rotatable bonds is 9. The molecule has 1 aliphatic carbocycles. The van der Waals surface area contributed by atoms with E-state index in [9.17, 15) is 10.4 Å². The van der Waals surface area contributed by atoms with Crippen LogP contribution < -0.4 is 4.90 Å². The molecule has 1 saturated carbocycles. The molecule has 0 amide bonds. The molecule has 1 heterocycles. The monoisotopic (exact) mass is 600 g/mol. The van der Waals surface area contributed by atoms with Gasteiger partial charge in [-0.15, -0.1) is 0 Å². The summed E-state index contributed by atoms with van der Waals surface area (Å²) in [7, 11) is 0. The summed E-state index contributed by atoms with van der Waals surface area (Å²) in [4.78, 5) is 7.28. The molecular weight excluding hydrogens is 564 g/mol. The van der Waals surface area contributed by atoms with Gasteiger partial charge in [-0.1, -0.05) is 110 Å². The largest absolute Gasteiger partial charge is 0.383 e. The molecule has 0 aliphatic heterocycles. The van der Waals surface area contributed by atoms with Crippen LogP contribution in [0.15, 0.2) is 122 Å². The molecule has 6 rings (SSSR count). The van der Waals surface area contributed by atoms with Crippen molar-refractivity contribution in [1.82, 2.24) is 9.55 Å². The van der Waals surface area contributed by atoms with E-state index in [1.54, 1.807) is 6.07 Å². The van der Waals surface area contributed by atoms with Crippen molar-refractivity contribution < 1.29 is 5.11 Å². The average molecular weight is 601 g/mol. The Morgan fingerprint density at radius 3 is 2.07 bits per heavy atom. The topological polar surface area (TPSA) is 65.1 Å². The summed E-state index contributed by atoms with van der Waals surface area (Å²) in [6.07, 6.45) is 7.92. The van der Waals surface area contributed by atoms with Crippen molar-refractivity contribution in [2.45, 2.75) is 56.2 Å². The molecule has 1 aliphatic rings. The first-order valence-electron chi connectivity index (χ1n) is 15.4. The van der Waals surface area contributed by atoms with E-state index < -0.39 is 11.1 Å². The predicted molar refractivity (Wildman–Crippen MR) is 177 cm³/mol. The van der Waals surface area contributed by atoms with Gasteiger partial charge in [0.1, 0.15) is 17.2 Å². The molecule has 2 unspecified atom stereocenters. The van der Waals surface area contributed by atoms with E-state index in [-0.39, 0.29) is 6.04 Å². The number of halogens is 1. The summed E-state index contributed by atoms with van der Waals surface area (Å²) in [5.74, 6) is 0. The highest BCUT2D eigenvalue weighted by Crippen LogP contribution is 2.44. The number of aromatic nitrogens is 2. The Bertz CT molecular complexity index is 1630. The maximum atomic E-state index is 12.3. The smallest absolute Gasteiger partial charge is 0.121 e. The van der Waals surface area contributed by atoms with Gasteiger partial charge in [-0.25, -0.2) is 4.98 Å². The van der Waals surface area contributed by atoms with Gasteiger partial charge in [-0.3, -0.25) is 0 Å². The second kappa shape index (κ2) is 12.7. The van der Waals surface area contributed by atoms with Gasteiger partial charge in [0, 0.05) is 30.9 Å². The third-order valence-electron chi connectivity index (χ3n) is 9.03. The third-order valence-corrected chi connectivity index (χ3v) is 9.35. The summed E-state index contributed by atoms with van der Waals surface area (Å²) >= 11 is 6.45. The number of hydrogen-bond donors (Lipinski definition) is 1. The van der Waals surface area contributed by atoms with Crippen molar-refractivity contribution in [2.75, 3.05) is 11.4 Å². The van der Waals surface area contributed by atoms with E-state index in [2.05, 4.69) is 101 Å². The molecule has 5 nitrogen and oxygen atoms in total. The van der Waals surface area contributed by atoms with Gasteiger partial charge in [-0.2, -0.15) is 5.26 Å². The third kappa shape index (κ3) is 5.41. The number of aliphatic hydroxyl groups is 1. The van der Waals surface area contributed by atoms with Gasteiger partial charge in [0.05, 0.1) is 22.6 Å². The molecule has 0 radical (unpaired) electrons. The second-order valence-corrected chi connectivity index (χ2v) is 12.1. The molecule has 0 bridgehead atoms. The highest BCUT2D eigenvalue weighted by atomic mass is 35.5. The summed E-state index contributed by atoms with van der Waals surface area (Å²) < 4.78 is 2.17. The van der Waals surface area contributed by atoms with E-state index in [0.717, 1.165) is 48.2 Å². The summed E-state index contributed by atoms with van der Waals surface area (Å²) in [5, 5.41) is 22.2. The van der Waals surface area contributed by atoms with Crippen molar-refractivity contribution in [2.24, 2.45) is 0 Å². The lowest BCUT2D eigenvalue weighted by Gasteiger charge is -2.42. The Morgan fingerprint density at radius 1 is 0.955 bits per heavy atom. The minimum absolute atomic E-state index is 0.102. The van der Waals surface area contributed by atoms with Crippen LogP contribution in [0.2, 0.25) is 5.02 Å². The normalized spacial score (nSPS) is 18.5. The van der Waals surface area contributed by atoms with Gasteiger partial charge in [0.25, 0.3) is 0 Å². The lowest BCUT2D eigenvalue weighted by Crippen LogP contribution is -2.45. The molecule has 1 N–H and O–H groups in total. The fourth-order valence-electron chi connectivity index (χ4n) is 6.99. The summed E-state index contributed by atoms with van der Waals surface area (Å²) in [6, 6.07) is 39.4. The first kappa shape index (κ1) is 29.7.